The molecule has 0 bridgehead atoms. The minimum atomic E-state index is -0.287. The lowest BCUT2D eigenvalue weighted by Gasteiger charge is -2.16. The SMILES string of the molecule is CCCCCCC(CCCC)COC(=O)c1ccc(C#N)cc1. The van der Waals surface area contributed by atoms with E-state index in [2.05, 4.69) is 13.8 Å². The van der Waals surface area contributed by atoms with Crippen LogP contribution in [0.25, 0.3) is 0 Å². The average Bonchev–Trinajstić information content (AvgIpc) is 2.60. The Hall–Kier alpha value is -1.82. The zero-order chi connectivity index (χ0) is 16.9. The first-order valence-corrected chi connectivity index (χ1v) is 8.88. The van der Waals surface area contributed by atoms with Gasteiger partial charge < -0.3 is 4.74 Å². The summed E-state index contributed by atoms with van der Waals surface area (Å²) in [4.78, 5) is 12.1. The van der Waals surface area contributed by atoms with Crippen molar-refractivity contribution in [1.29, 1.82) is 5.26 Å². The number of esters is 1. The van der Waals surface area contributed by atoms with Gasteiger partial charge in [-0.2, -0.15) is 5.26 Å². The topological polar surface area (TPSA) is 50.1 Å². The van der Waals surface area contributed by atoms with Gasteiger partial charge in [-0.1, -0.05) is 52.4 Å². The first-order chi connectivity index (χ1) is 11.2. The molecule has 0 heterocycles. The van der Waals surface area contributed by atoms with Crippen molar-refractivity contribution in [1.82, 2.24) is 0 Å². The van der Waals surface area contributed by atoms with Crippen molar-refractivity contribution >= 4 is 5.97 Å². The normalized spacial score (nSPS) is 11.7. The molecule has 0 aliphatic rings. The van der Waals surface area contributed by atoms with Gasteiger partial charge >= 0.3 is 5.97 Å². The lowest BCUT2D eigenvalue weighted by Crippen LogP contribution is -2.14. The van der Waals surface area contributed by atoms with Gasteiger partial charge in [0.05, 0.1) is 23.8 Å². The number of hydrogen-bond donors (Lipinski definition) is 0. The molecule has 1 rings (SSSR count). The Labute approximate surface area is 140 Å². The molecule has 0 aliphatic heterocycles. The van der Waals surface area contributed by atoms with Crippen LogP contribution < -0.4 is 0 Å². The highest BCUT2D eigenvalue weighted by molar-refractivity contribution is 5.89. The number of carbonyl (C=O) groups excluding carboxylic acids is 1. The van der Waals surface area contributed by atoms with Crippen molar-refractivity contribution in [3.05, 3.63) is 35.4 Å². The van der Waals surface area contributed by atoms with E-state index in [9.17, 15) is 4.79 Å². The molecule has 23 heavy (non-hydrogen) atoms. The molecule has 1 aromatic carbocycles. The van der Waals surface area contributed by atoms with E-state index in [1.165, 1.54) is 38.5 Å². The van der Waals surface area contributed by atoms with E-state index in [-0.39, 0.29) is 5.97 Å². The van der Waals surface area contributed by atoms with Crippen LogP contribution in [0.1, 0.15) is 81.1 Å². The number of nitriles is 1. The molecule has 0 saturated carbocycles. The fourth-order valence-electron chi connectivity index (χ4n) is 2.62. The first kappa shape index (κ1) is 19.2. The Bertz CT molecular complexity index is 487. The molecule has 0 aromatic heterocycles. The predicted molar refractivity (Wildman–Crippen MR) is 93.2 cm³/mol. The summed E-state index contributed by atoms with van der Waals surface area (Å²) in [5, 5.41) is 8.78. The summed E-state index contributed by atoms with van der Waals surface area (Å²) in [6.07, 6.45) is 9.64. The Kier molecular flexibility index (Phi) is 9.79. The zero-order valence-electron chi connectivity index (χ0n) is 14.5. The fourth-order valence-corrected chi connectivity index (χ4v) is 2.62. The molecule has 0 saturated heterocycles. The summed E-state index contributed by atoms with van der Waals surface area (Å²) in [7, 11) is 0. The Morgan fingerprint density at radius 1 is 1.04 bits per heavy atom. The van der Waals surface area contributed by atoms with Crippen LogP contribution in [0.4, 0.5) is 0 Å². The van der Waals surface area contributed by atoms with Crippen molar-refractivity contribution in [2.45, 2.75) is 65.2 Å². The van der Waals surface area contributed by atoms with E-state index >= 15 is 0 Å². The van der Waals surface area contributed by atoms with E-state index in [0.717, 1.165) is 12.8 Å². The van der Waals surface area contributed by atoms with Crippen LogP contribution >= 0.6 is 0 Å². The summed E-state index contributed by atoms with van der Waals surface area (Å²) in [5.74, 6) is 0.179. The van der Waals surface area contributed by atoms with Gasteiger partial charge in [0.2, 0.25) is 0 Å². The van der Waals surface area contributed by atoms with Crippen LogP contribution in [-0.4, -0.2) is 12.6 Å². The molecule has 1 atom stereocenters. The van der Waals surface area contributed by atoms with Crippen LogP contribution in [-0.2, 0) is 4.74 Å². The molecular weight excluding hydrogens is 286 g/mol. The molecule has 1 aromatic rings. The second kappa shape index (κ2) is 11.7. The molecule has 126 valence electrons. The van der Waals surface area contributed by atoms with Crippen molar-refractivity contribution in [2.24, 2.45) is 5.92 Å². The van der Waals surface area contributed by atoms with E-state index in [1.54, 1.807) is 24.3 Å². The number of carbonyl (C=O) groups is 1. The summed E-state index contributed by atoms with van der Waals surface area (Å²) in [6.45, 7) is 4.91. The molecular formula is C20H29NO2. The summed E-state index contributed by atoms with van der Waals surface area (Å²) in [6, 6.07) is 8.66. The highest BCUT2D eigenvalue weighted by atomic mass is 16.5. The van der Waals surface area contributed by atoms with Crippen LogP contribution in [0.2, 0.25) is 0 Å². The van der Waals surface area contributed by atoms with E-state index in [4.69, 9.17) is 10.00 Å². The van der Waals surface area contributed by atoms with Gasteiger partial charge in [-0.05, 0) is 43.0 Å². The molecule has 3 heteroatoms. The lowest BCUT2D eigenvalue weighted by molar-refractivity contribution is 0.0422. The summed E-state index contributed by atoms with van der Waals surface area (Å²) >= 11 is 0. The molecule has 0 spiro atoms. The van der Waals surface area contributed by atoms with E-state index in [0.29, 0.717) is 23.7 Å². The molecule has 0 amide bonds. The zero-order valence-corrected chi connectivity index (χ0v) is 14.5. The average molecular weight is 315 g/mol. The van der Waals surface area contributed by atoms with Gasteiger partial charge in [0.15, 0.2) is 0 Å². The number of hydrogen-bond acceptors (Lipinski definition) is 3. The number of benzene rings is 1. The largest absolute Gasteiger partial charge is 0.462 e. The third kappa shape index (κ3) is 7.83. The van der Waals surface area contributed by atoms with Crippen molar-refractivity contribution in [3.63, 3.8) is 0 Å². The molecule has 1 unspecified atom stereocenters. The van der Waals surface area contributed by atoms with Gasteiger partial charge in [0.25, 0.3) is 0 Å². The number of unbranched alkanes of at least 4 members (excludes halogenated alkanes) is 4. The van der Waals surface area contributed by atoms with Crippen LogP contribution in [0.15, 0.2) is 24.3 Å². The van der Waals surface area contributed by atoms with Crippen LogP contribution in [0.5, 0.6) is 0 Å². The molecule has 3 nitrogen and oxygen atoms in total. The summed E-state index contributed by atoms with van der Waals surface area (Å²) < 4.78 is 5.50. The number of ether oxygens (including phenoxy) is 1. The monoisotopic (exact) mass is 315 g/mol. The highest BCUT2D eigenvalue weighted by Crippen LogP contribution is 2.18. The van der Waals surface area contributed by atoms with Gasteiger partial charge in [0, 0.05) is 0 Å². The predicted octanol–water partition coefficient (Wildman–Crippen LogP) is 5.49. The van der Waals surface area contributed by atoms with Crippen molar-refractivity contribution in [2.75, 3.05) is 6.61 Å². The maximum absolute atomic E-state index is 12.1. The third-order valence-corrected chi connectivity index (χ3v) is 4.13. The summed E-state index contributed by atoms with van der Waals surface area (Å²) in [5.41, 5.74) is 1.07. The van der Waals surface area contributed by atoms with Crippen molar-refractivity contribution < 1.29 is 9.53 Å². The molecule has 0 aliphatic carbocycles. The quantitative estimate of drug-likeness (QED) is 0.400. The maximum atomic E-state index is 12.1. The first-order valence-electron chi connectivity index (χ1n) is 8.88. The minimum Gasteiger partial charge on any atom is -0.462 e. The maximum Gasteiger partial charge on any atom is 0.338 e. The van der Waals surface area contributed by atoms with Crippen molar-refractivity contribution in [3.8, 4) is 6.07 Å². The van der Waals surface area contributed by atoms with Gasteiger partial charge in [-0.25, -0.2) is 4.79 Å². The van der Waals surface area contributed by atoms with Crippen LogP contribution in [0.3, 0.4) is 0 Å². The minimum absolute atomic E-state index is 0.287. The molecule has 0 radical (unpaired) electrons. The Morgan fingerprint density at radius 2 is 1.70 bits per heavy atom. The number of rotatable bonds is 11. The standard InChI is InChI=1S/C20H29NO2/c1-3-5-7-8-10-18(9-6-4-2)16-23-20(22)19-13-11-17(15-21)12-14-19/h11-14,18H,3-10,16H2,1-2H3. The fraction of sp³-hybridized carbons (Fsp3) is 0.600. The van der Waals surface area contributed by atoms with Crippen LogP contribution in [0, 0.1) is 17.2 Å². The Morgan fingerprint density at radius 3 is 2.30 bits per heavy atom. The Balaban J connectivity index is 2.44. The molecule has 0 N–H and O–H groups in total. The second-order valence-corrected chi connectivity index (χ2v) is 6.15. The van der Waals surface area contributed by atoms with Gasteiger partial charge in [-0.3, -0.25) is 0 Å². The van der Waals surface area contributed by atoms with Gasteiger partial charge in [0.1, 0.15) is 0 Å². The van der Waals surface area contributed by atoms with Gasteiger partial charge in [-0.15, -0.1) is 0 Å². The number of nitrogens with zero attached hydrogens (tertiary/aromatic N) is 1. The smallest absolute Gasteiger partial charge is 0.338 e. The molecule has 0 fully saturated rings. The lowest BCUT2D eigenvalue weighted by atomic mass is 9.96. The van der Waals surface area contributed by atoms with E-state index < -0.39 is 0 Å². The second-order valence-electron chi connectivity index (χ2n) is 6.15. The highest BCUT2D eigenvalue weighted by Gasteiger charge is 2.13. The van der Waals surface area contributed by atoms with E-state index in [1.807, 2.05) is 6.07 Å². The third-order valence-electron chi connectivity index (χ3n) is 4.13.